The van der Waals surface area contributed by atoms with Crippen molar-refractivity contribution in [2.75, 3.05) is 6.61 Å². The molecule has 1 nitrogen and oxygen atoms in total. The van der Waals surface area contributed by atoms with Gasteiger partial charge >= 0.3 is 0 Å². The number of hydrogen-bond donors (Lipinski definition) is 0. The first-order valence-electron chi connectivity index (χ1n) is 5.29. The van der Waals surface area contributed by atoms with E-state index in [0.717, 1.165) is 16.9 Å². The Bertz CT molecular complexity index is 396. The SMILES string of the molecule is C=C(C)/C=C\C(=C)COc1ccc(C)cc1. The zero-order chi connectivity index (χ0) is 12.0. The molecule has 0 spiro atoms. The fourth-order valence-corrected chi connectivity index (χ4v) is 1.12. The molecule has 1 aromatic carbocycles. The maximum Gasteiger partial charge on any atom is 0.119 e. The number of ether oxygens (including phenoxy) is 1. The largest absolute Gasteiger partial charge is 0.489 e. The summed E-state index contributed by atoms with van der Waals surface area (Å²) < 4.78 is 5.57. The molecule has 16 heavy (non-hydrogen) atoms. The molecule has 1 heteroatoms. The summed E-state index contributed by atoms with van der Waals surface area (Å²) in [6, 6.07) is 7.99. The minimum absolute atomic E-state index is 0.507. The fraction of sp³-hybridized carbons (Fsp3) is 0.200. The molecule has 0 saturated carbocycles. The van der Waals surface area contributed by atoms with Crippen molar-refractivity contribution in [1.29, 1.82) is 0 Å². The summed E-state index contributed by atoms with van der Waals surface area (Å²) >= 11 is 0. The Morgan fingerprint density at radius 1 is 1.19 bits per heavy atom. The Labute approximate surface area is 97.8 Å². The molecule has 84 valence electrons. The normalized spacial score (nSPS) is 10.4. The van der Waals surface area contributed by atoms with E-state index in [2.05, 4.69) is 20.1 Å². The van der Waals surface area contributed by atoms with Gasteiger partial charge in [-0.15, -0.1) is 0 Å². The van der Waals surface area contributed by atoms with E-state index in [1.807, 2.05) is 43.3 Å². The van der Waals surface area contributed by atoms with Crippen molar-refractivity contribution < 1.29 is 4.74 Å². The quantitative estimate of drug-likeness (QED) is 0.671. The highest BCUT2D eigenvalue weighted by molar-refractivity contribution is 5.28. The van der Waals surface area contributed by atoms with Crippen LogP contribution >= 0.6 is 0 Å². The van der Waals surface area contributed by atoms with Crippen LogP contribution in [-0.4, -0.2) is 6.61 Å². The molecule has 1 aromatic rings. The van der Waals surface area contributed by atoms with Gasteiger partial charge in [0.15, 0.2) is 0 Å². The minimum atomic E-state index is 0.507. The van der Waals surface area contributed by atoms with Crippen molar-refractivity contribution in [2.45, 2.75) is 13.8 Å². The third-order valence-electron chi connectivity index (χ3n) is 2.05. The van der Waals surface area contributed by atoms with Crippen molar-refractivity contribution >= 4 is 0 Å². The molecule has 0 amide bonds. The second-order valence-corrected chi connectivity index (χ2v) is 3.94. The van der Waals surface area contributed by atoms with E-state index in [9.17, 15) is 0 Å². The fourth-order valence-electron chi connectivity index (χ4n) is 1.12. The first kappa shape index (κ1) is 12.3. The third kappa shape index (κ3) is 4.65. The summed E-state index contributed by atoms with van der Waals surface area (Å²) in [5, 5.41) is 0. The monoisotopic (exact) mass is 214 g/mol. The minimum Gasteiger partial charge on any atom is -0.489 e. The Morgan fingerprint density at radius 2 is 1.81 bits per heavy atom. The Balaban J connectivity index is 2.43. The topological polar surface area (TPSA) is 9.23 Å². The highest BCUT2D eigenvalue weighted by atomic mass is 16.5. The summed E-state index contributed by atoms with van der Waals surface area (Å²) in [5.74, 6) is 0.871. The molecule has 0 bridgehead atoms. The van der Waals surface area contributed by atoms with Crippen molar-refractivity contribution in [3.63, 3.8) is 0 Å². The number of hydrogen-bond acceptors (Lipinski definition) is 1. The average Bonchev–Trinajstić information content (AvgIpc) is 2.25. The predicted octanol–water partition coefficient (Wildman–Crippen LogP) is 4.06. The Morgan fingerprint density at radius 3 is 2.38 bits per heavy atom. The molecule has 0 N–H and O–H groups in total. The van der Waals surface area contributed by atoms with Gasteiger partial charge in [-0.25, -0.2) is 0 Å². The lowest BCUT2D eigenvalue weighted by molar-refractivity contribution is 0.356. The van der Waals surface area contributed by atoms with E-state index in [1.54, 1.807) is 0 Å². The van der Waals surface area contributed by atoms with Crippen molar-refractivity contribution in [3.8, 4) is 5.75 Å². The number of benzene rings is 1. The molecule has 0 heterocycles. The highest BCUT2D eigenvalue weighted by Crippen LogP contribution is 2.12. The van der Waals surface area contributed by atoms with Gasteiger partial charge in [0.05, 0.1) is 0 Å². The molecule has 0 aliphatic carbocycles. The molecule has 0 saturated heterocycles. The van der Waals surface area contributed by atoms with E-state index in [4.69, 9.17) is 4.74 Å². The van der Waals surface area contributed by atoms with Gasteiger partial charge in [-0.05, 0) is 31.6 Å². The van der Waals surface area contributed by atoms with E-state index >= 15 is 0 Å². The van der Waals surface area contributed by atoms with Crippen LogP contribution in [0.25, 0.3) is 0 Å². The van der Waals surface area contributed by atoms with Crippen LogP contribution in [0.2, 0.25) is 0 Å². The maximum atomic E-state index is 5.57. The zero-order valence-electron chi connectivity index (χ0n) is 9.99. The summed E-state index contributed by atoms with van der Waals surface area (Å²) in [5.41, 5.74) is 3.17. The Hall–Kier alpha value is -1.76. The van der Waals surface area contributed by atoms with Gasteiger partial charge in [0.25, 0.3) is 0 Å². The van der Waals surface area contributed by atoms with Crippen LogP contribution in [0, 0.1) is 6.92 Å². The molecule has 1 rings (SSSR count). The van der Waals surface area contributed by atoms with Gasteiger partial charge in [0, 0.05) is 0 Å². The van der Waals surface area contributed by atoms with Crippen LogP contribution < -0.4 is 4.74 Å². The van der Waals surface area contributed by atoms with Crippen LogP contribution in [0.15, 0.2) is 60.7 Å². The lowest BCUT2D eigenvalue weighted by Gasteiger charge is -2.06. The smallest absolute Gasteiger partial charge is 0.119 e. The van der Waals surface area contributed by atoms with Gasteiger partial charge in [-0.2, -0.15) is 0 Å². The molecule has 0 atom stereocenters. The molecule has 0 fully saturated rings. The Kier molecular flexibility index (Phi) is 4.59. The number of allylic oxidation sites excluding steroid dienone is 2. The molecule has 0 aromatic heterocycles. The van der Waals surface area contributed by atoms with Crippen LogP contribution in [0.1, 0.15) is 12.5 Å². The standard InChI is InChI=1S/C15H18O/c1-12(2)5-6-14(4)11-16-15-9-7-13(3)8-10-15/h5-10H,1,4,11H2,2-3H3/b6-5-. The molecule has 0 unspecified atom stereocenters. The van der Waals surface area contributed by atoms with E-state index < -0.39 is 0 Å². The average molecular weight is 214 g/mol. The molecule has 0 aliphatic rings. The van der Waals surface area contributed by atoms with E-state index in [1.165, 1.54) is 5.56 Å². The lowest BCUT2D eigenvalue weighted by atomic mass is 10.2. The van der Waals surface area contributed by atoms with Crippen LogP contribution in [0.3, 0.4) is 0 Å². The number of aryl methyl sites for hydroxylation is 1. The van der Waals surface area contributed by atoms with Gasteiger partial charge in [0.1, 0.15) is 12.4 Å². The third-order valence-corrected chi connectivity index (χ3v) is 2.05. The van der Waals surface area contributed by atoms with Gasteiger partial charge < -0.3 is 4.74 Å². The van der Waals surface area contributed by atoms with Gasteiger partial charge in [-0.3, -0.25) is 0 Å². The first-order chi connectivity index (χ1) is 7.58. The van der Waals surface area contributed by atoms with Crippen LogP contribution in [-0.2, 0) is 0 Å². The molecule has 0 aliphatic heterocycles. The zero-order valence-corrected chi connectivity index (χ0v) is 9.99. The summed E-state index contributed by atoms with van der Waals surface area (Å²) in [6.45, 7) is 12.2. The summed E-state index contributed by atoms with van der Waals surface area (Å²) in [4.78, 5) is 0. The molecular formula is C15H18O. The van der Waals surface area contributed by atoms with Crippen LogP contribution in [0.5, 0.6) is 5.75 Å². The lowest BCUT2D eigenvalue weighted by Crippen LogP contribution is -1.98. The predicted molar refractivity (Wildman–Crippen MR) is 69.8 cm³/mol. The summed E-state index contributed by atoms with van der Waals surface area (Å²) in [6.07, 6.45) is 3.86. The van der Waals surface area contributed by atoms with Crippen LogP contribution in [0.4, 0.5) is 0 Å². The second-order valence-electron chi connectivity index (χ2n) is 3.94. The van der Waals surface area contributed by atoms with Gasteiger partial charge in [0.2, 0.25) is 0 Å². The highest BCUT2D eigenvalue weighted by Gasteiger charge is 1.93. The van der Waals surface area contributed by atoms with Gasteiger partial charge in [-0.1, -0.05) is 48.6 Å². The van der Waals surface area contributed by atoms with Crippen molar-refractivity contribution in [2.24, 2.45) is 0 Å². The summed E-state index contributed by atoms with van der Waals surface area (Å²) in [7, 11) is 0. The maximum absolute atomic E-state index is 5.57. The molecular weight excluding hydrogens is 196 g/mol. The van der Waals surface area contributed by atoms with E-state index in [-0.39, 0.29) is 0 Å². The molecule has 0 radical (unpaired) electrons. The van der Waals surface area contributed by atoms with Crippen molar-refractivity contribution in [1.82, 2.24) is 0 Å². The van der Waals surface area contributed by atoms with E-state index in [0.29, 0.717) is 6.61 Å². The second kappa shape index (κ2) is 5.96. The number of rotatable bonds is 5. The van der Waals surface area contributed by atoms with Crippen molar-refractivity contribution in [3.05, 3.63) is 66.3 Å². The first-order valence-corrected chi connectivity index (χ1v) is 5.29.